The Labute approximate surface area is 96.5 Å². The molecule has 0 aliphatic heterocycles. The van der Waals surface area contributed by atoms with Crippen molar-refractivity contribution in [1.29, 1.82) is 0 Å². The maximum atomic E-state index is 12.0. The van der Waals surface area contributed by atoms with Crippen molar-refractivity contribution in [2.45, 2.75) is 5.76 Å². The molecule has 0 bridgehead atoms. The molecule has 0 atom stereocenters. The summed E-state index contributed by atoms with van der Waals surface area (Å²) in [4.78, 5) is 0.142. The lowest BCUT2D eigenvalue weighted by atomic mass is 10.2. The molecule has 0 unspecified atom stereocenters. The van der Waals surface area contributed by atoms with Gasteiger partial charge in [0.2, 0.25) is 0 Å². The van der Waals surface area contributed by atoms with Gasteiger partial charge in [-0.2, -0.15) is 8.78 Å². The molecule has 1 rings (SSSR count). The summed E-state index contributed by atoms with van der Waals surface area (Å²) >= 11 is 4.68. The molecule has 88 valence electrons. The molecule has 3 N–H and O–H groups in total. The van der Waals surface area contributed by atoms with Gasteiger partial charge >= 0.3 is 5.76 Å². The van der Waals surface area contributed by atoms with Crippen molar-refractivity contribution in [3.05, 3.63) is 29.8 Å². The van der Waals surface area contributed by atoms with Crippen LogP contribution in [0.25, 0.3) is 0 Å². The Hall–Kier alpha value is -1.28. The number of sulfonamides is 1. The molecule has 0 saturated carbocycles. The molecule has 4 nitrogen and oxygen atoms in total. The molecular formula is C8H8F2N2O2S2. The van der Waals surface area contributed by atoms with Crippen LogP contribution in [-0.4, -0.2) is 19.2 Å². The van der Waals surface area contributed by atoms with Crippen LogP contribution in [0.4, 0.5) is 14.5 Å². The van der Waals surface area contributed by atoms with Crippen LogP contribution in [0, 0.1) is 0 Å². The number of nitrogens with two attached hydrogens (primary N) is 1. The third-order valence-corrected chi connectivity index (χ3v) is 2.89. The SMILES string of the molecule is NC(=S)c1ccc(NS(=O)(=O)C(F)F)cc1. The largest absolute Gasteiger partial charge is 0.389 e. The third-order valence-electron chi connectivity index (χ3n) is 1.66. The Balaban J connectivity index is 2.89. The Bertz CT molecular complexity index is 485. The minimum absolute atomic E-state index is 0.0281. The van der Waals surface area contributed by atoms with Gasteiger partial charge in [0.1, 0.15) is 4.99 Å². The number of hydrogen-bond donors (Lipinski definition) is 2. The average molecular weight is 266 g/mol. The highest BCUT2D eigenvalue weighted by atomic mass is 32.2. The predicted octanol–water partition coefficient (Wildman–Crippen LogP) is 1.29. The monoisotopic (exact) mass is 266 g/mol. The number of nitrogens with one attached hydrogen (secondary N) is 1. The van der Waals surface area contributed by atoms with Crippen LogP contribution in [0.3, 0.4) is 0 Å². The Kier molecular flexibility index (Phi) is 3.76. The molecular weight excluding hydrogens is 258 g/mol. The zero-order valence-corrected chi connectivity index (χ0v) is 9.49. The van der Waals surface area contributed by atoms with Crippen LogP contribution in [0.1, 0.15) is 5.56 Å². The second-order valence-electron chi connectivity index (χ2n) is 2.85. The second kappa shape index (κ2) is 4.71. The molecule has 1 aromatic carbocycles. The number of anilines is 1. The van der Waals surface area contributed by atoms with Gasteiger partial charge in [0.25, 0.3) is 10.0 Å². The minimum Gasteiger partial charge on any atom is -0.389 e. The van der Waals surface area contributed by atoms with Crippen molar-refractivity contribution in [2.24, 2.45) is 5.73 Å². The van der Waals surface area contributed by atoms with Gasteiger partial charge in [0, 0.05) is 11.3 Å². The highest BCUT2D eigenvalue weighted by Crippen LogP contribution is 2.14. The smallest absolute Gasteiger partial charge is 0.355 e. The summed E-state index contributed by atoms with van der Waals surface area (Å²) in [6, 6.07) is 5.47. The number of thiocarbonyl (C=S) groups is 1. The van der Waals surface area contributed by atoms with Crippen LogP contribution >= 0.6 is 12.2 Å². The normalized spacial score (nSPS) is 11.4. The summed E-state index contributed by atoms with van der Waals surface area (Å²) < 4.78 is 47.4. The number of benzene rings is 1. The zero-order chi connectivity index (χ0) is 12.3. The van der Waals surface area contributed by atoms with Gasteiger partial charge in [-0.05, 0) is 24.3 Å². The van der Waals surface area contributed by atoms with Crippen molar-refractivity contribution in [2.75, 3.05) is 4.72 Å². The number of halogens is 2. The summed E-state index contributed by atoms with van der Waals surface area (Å²) in [5.74, 6) is -3.47. The summed E-state index contributed by atoms with van der Waals surface area (Å²) in [6.07, 6.45) is 0. The van der Waals surface area contributed by atoms with Crippen molar-refractivity contribution >= 4 is 32.9 Å². The highest BCUT2D eigenvalue weighted by Gasteiger charge is 2.23. The van der Waals surface area contributed by atoms with E-state index in [-0.39, 0.29) is 10.7 Å². The molecule has 8 heteroatoms. The molecule has 0 spiro atoms. The predicted molar refractivity (Wildman–Crippen MR) is 60.9 cm³/mol. The zero-order valence-electron chi connectivity index (χ0n) is 7.85. The summed E-state index contributed by atoms with van der Waals surface area (Å²) in [6.45, 7) is 0. The molecule has 0 aliphatic rings. The first kappa shape index (κ1) is 12.8. The lowest BCUT2D eigenvalue weighted by molar-refractivity contribution is 0.236. The number of rotatable bonds is 4. The van der Waals surface area contributed by atoms with E-state index in [1.807, 2.05) is 0 Å². The van der Waals surface area contributed by atoms with E-state index < -0.39 is 15.8 Å². The average Bonchev–Trinajstić information content (AvgIpc) is 2.17. The van der Waals surface area contributed by atoms with Gasteiger partial charge in [-0.15, -0.1) is 0 Å². The van der Waals surface area contributed by atoms with Crippen molar-refractivity contribution in [3.63, 3.8) is 0 Å². The van der Waals surface area contributed by atoms with E-state index in [2.05, 4.69) is 12.2 Å². The Morgan fingerprint density at radius 2 is 1.81 bits per heavy atom. The fourth-order valence-electron chi connectivity index (χ4n) is 0.911. The van der Waals surface area contributed by atoms with Crippen LogP contribution in [0.15, 0.2) is 24.3 Å². The first-order valence-corrected chi connectivity index (χ1v) is 5.98. The molecule has 0 aliphatic carbocycles. The first-order valence-electron chi connectivity index (χ1n) is 4.02. The van der Waals surface area contributed by atoms with Gasteiger partial charge in [-0.3, -0.25) is 4.72 Å². The fraction of sp³-hybridized carbons (Fsp3) is 0.125. The Morgan fingerprint density at radius 1 is 1.31 bits per heavy atom. The van der Waals surface area contributed by atoms with Gasteiger partial charge in [-0.1, -0.05) is 12.2 Å². The molecule has 0 saturated heterocycles. The van der Waals surface area contributed by atoms with E-state index in [1.165, 1.54) is 24.3 Å². The Morgan fingerprint density at radius 3 is 2.19 bits per heavy atom. The molecule has 0 radical (unpaired) electrons. The molecule has 0 amide bonds. The van der Waals surface area contributed by atoms with E-state index in [0.717, 1.165) is 0 Å². The van der Waals surface area contributed by atoms with E-state index in [9.17, 15) is 17.2 Å². The third kappa shape index (κ3) is 3.11. The lowest BCUT2D eigenvalue weighted by Gasteiger charge is -2.07. The second-order valence-corrected chi connectivity index (χ2v) is 4.94. The molecule has 0 fully saturated rings. The van der Waals surface area contributed by atoms with Crippen LogP contribution < -0.4 is 10.5 Å². The maximum Gasteiger partial charge on any atom is 0.355 e. The van der Waals surface area contributed by atoms with Gasteiger partial charge in [0.05, 0.1) is 0 Å². The van der Waals surface area contributed by atoms with Crippen molar-refractivity contribution < 1.29 is 17.2 Å². The maximum absolute atomic E-state index is 12.0. The topological polar surface area (TPSA) is 72.2 Å². The number of alkyl halides is 2. The quantitative estimate of drug-likeness (QED) is 0.805. The summed E-state index contributed by atoms with van der Waals surface area (Å²) in [5, 5.41) is 0. The van der Waals surface area contributed by atoms with Gasteiger partial charge < -0.3 is 5.73 Å². The summed E-state index contributed by atoms with van der Waals surface area (Å²) in [5.41, 5.74) is 5.86. The number of hydrogen-bond acceptors (Lipinski definition) is 3. The highest BCUT2D eigenvalue weighted by molar-refractivity contribution is 7.93. The fourth-order valence-corrected chi connectivity index (χ4v) is 1.60. The van der Waals surface area contributed by atoms with Crippen molar-refractivity contribution in [1.82, 2.24) is 0 Å². The summed E-state index contributed by atoms with van der Waals surface area (Å²) in [7, 11) is -4.63. The minimum atomic E-state index is -4.63. The molecule has 0 heterocycles. The first-order chi connectivity index (χ1) is 7.33. The standard InChI is InChI=1S/C8H8F2N2O2S2/c9-8(10)16(13,14)12-6-3-1-5(2-4-6)7(11)15/h1-4,8,12H,(H2,11,15). The van der Waals surface area contributed by atoms with E-state index in [1.54, 1.807) is 4.72 Å². The molecule has 1 aromatic rings. The van der Waals surface area contributed by atoms with E-state index >= 15 is 0 Å². The van der Waals surface area contributed by atoms with Gasteiger partial charge in [0.15, 0.2) is 0 Å². The van der Waals surface area contributed by atoms with Gasteiger partial charge in [-0.25, -0.2) is 8.42 Å². The van der Waals surface area contributed by atoms with Crippen molar-refractivity contribution in [3.8, 4) is 0 Å². The molecule has 0 aromatic heterocycles. The molecule has 16 heavy (non-hydrogen) atoms. The van der Waals surface area contributed by atoms with Crippen LogP contribution in [0.5, 0.6) is 0 Å². The van der Waals surface area contributed by atoms with E-state index in [0.29, 0.717) is 5.56 Å². The van der Waals surface area contributed by atoms with E-state index in [4.69, 9.17) is 5.73 Å². The van der Waals surface area contributed by atoms with Crippen LogP contribution in [0.2, 0.25) is 0 Å². The van der Waals surface area contributed by atoms with Crippen LogP contribution in [-0.2, 0) is 10.0 Å². The lowest BCUT2D eigenvalue weighted by Crippen LogP contribution is -2.20.